The molecule has 24 heavy (non-hydrogen) atoms. The van der Waals surface area contributed by atoms with Gasteiger partial charge in [0.2, 0.25) is 0 Å². The van der Waals surface area contributed by atoms with Gasteiger partial charge in [-0.05, 0) is 38.5 Å². The van der Waals surface area contributed by atoms with Gasteiger partial charge in [0.25, 0.3) is 0 Å². The van der Waals surface area contributed by atoms with Crippen molar-refractivity contribution in [1.82, 2.24) is 20.2 Å². The van der Waals surface area contributed by atoms with Gasteiger partial charge in [0.15, 0.2) is 0 Å². The minimum atomic E-state index is -0.533. The van der Waals surface area contributed by atoms with Crippen molar-refractivity contribution in [3.63, 3.8) is 0 Å². The largest absolute Gasteiger partial charge is 0.394 e. The van der Waals surface area contributed by atoms with Gasteiger partial charge in [-0.1, -0.05) is 26.2 Å². The van der Waals surface area contributed by atoms with E-state index in [0.29, 0.717) is 18.4 Å². The molecule has 1 saturated carbocycles. The van der Waals surface area contributed by atoms with E-state index >= 15 is 0 Å². The lowest BCUT2D eigenvalue weighted by Gasteiger charge is -2.39. The van der Waals surface area contributed by atoms with Crippen LogP contribution in [0.15, 0.2) is 12.4 Å². The second-order valence-corrected chi connectivity index (χ2v) is 7.48. The molecule has 0 aromatic carbocycles. The first-order chi connectivity index (χ1) is 11.4. The number of aliphatic hydroxyl groups excluding tert-OH is 1. The van der Waals surface area contributed by atoms with Crippen molar-refractivity contribution in [2.24, 2.45) is 11.8 Å². The van der Waals surface area contributed by atoms with E-state index in [0.717, 1.165) is 25.2 Å². The molecule has 0 spiro atoms. The van der Waals surface area contributed by atoms with E-state index in [1.165, 1.54) is 19.3 Å². The third-order valence-corrected chi connectivity index (χ3v) is 5.28. The molecule has 1 heterocycles. The lowest BCUT2D eigenvalue weighted by atomic mass is 9.76. The number of hydrogen-bond acceptors (Lipinski definition) is 3. The van der Waals surface area contributed by atoms with Crippen LogP contribution < -0.4 is 10.6 Å². The third kappa shape index (κ3) is 4.97. The molecule has 0 aliphatic heterocycles. The van der Waals surface area contributed by atoms with E-state index in [1.54, 1.807) is 6.20 Å². The lowest BCUT2D eigenvalue weighted by Crippen LogP contribution is -2.57. The van der Waals surface area contributed by atoms with Crippen molar-refractivity contribution in [2.75, 3.05) is 13.2 Å². The van der Waals surface area contributed by atoms with Crippen LogP contribution in [0.4, 0.5) is 4.79 Å². The van der Waals surface area contributed by atoms with Gasteiger partial charge in [-0.25, -0.2) is 9.78 Å². The summed E-state index contributed by atoms with van der Waals surface area (Å²) >= 11 is 0. The smallest absolute Gasteiger partial charge is 0.315 e. The molecule has 2 amide bonds. The second kappa shape index (κ2) is 8.51. The molecule has 1 aromatic rings. The number of carbonyl (C=O) groups is 1. The summed E-state index contributed by atoms with van der Waals surface area (Å²) in [4.78, 5) is 16.5. The van der Waals surface area contributed by atoms with Crippen LogP contribution in [-0.4, -0.2) is 39.4 Å². The fraction of sp³-hybridized carbons (Fsp3) is 0.778. The standard InChI is InChI=1S/C18H32N4O2/c1-14(12-22-10-9-19-15(22)2)11-20-17(24)21-18(3,13-23)16-7-5-4-6-8-16/h9-10,14,16,23H,4-8,11-13H2,1-3H3,(H2,20,21,24)/t14-,18+/m1/s1. The number of aliphatic hydroxyl groups is 1. The molecule has 0 saturated heterocycles. The first-order valence-corrected chi connectivity index (χ1v) is 9.09. The summed E-state index contributed by atoms with van der Waals surface area (Å²) in [7, 11) is 0. The maximum Gasteiger partial charge on any atom is 0.315 e. The summed E-state index contributed by atoms with van der Waals surface area (Å²) in [6.45, 7) is 7.44. The Bertz CT molecular complexity index is 525. The van der Waals surface area contributed by atoms with Crippen molar-refractivity contribution >= 4 is 6.03 Å². The summed E-state index contributed by atoms with van der Waals surface area (Å²) in [6.07, 6.45) is 9.53. The summed E-state index contributed by atoms with van der Waals surface area (Å²) < 4.78 is 2.09. The molecule has 6 nitrogen and oxygen atoms in total. The molecule has 3 N–H and O–H groups in total. The summed E-state index contributed by atoms with van der Waals surface area (Å²) in [5, 5.41) is 15.8. The highest BCUT2D eigenvalue weighted by molar-refractivity contribution is 5.74. The Morgan fingerprint density at radius 2 is 2.17 bits per heavy atom. The first kappa shape index (κ1) is 18.8. The second-order valence-electron chi connectivity index (χ2n) is 7.48. The third-order valence-electron chi connectivity index (χ3n) is 5.28. The number of rotatable bonds is 7. The molecule has 1 aromatic heterocycles. The Kier molecular flexibility index (Phi) is 6.66. The van der Waals surface area contributed by atoms with E-state index in [4.69, 9.17) is 0 Å². The van der Waals surface area contributed by atoms with E-state index < -0.39 is 5.54 Å². The highest BCUT2D eigenvalue weighted by atomic mass is 16.3. The number of urea groups is 1. The number of amides is 2. The monoisotopic (exact) mass is 336 g/mol. The van der Waals surface area contributed by atoms with Gasteiger partial charge in [0.1, 0.15) is 5.82 Å². The zero-order valence-electron chi connectivity index (χ0n) is 15.2. The molecule has 0 unspecified atom stereocenters. The van der Waals surface area contributed by atoms with Crippen LogP contribution in [0.25, 0.3) is 0 Å². The summed E-state index contributed by atoms with van der Waals surface area (Å²) in [5.74, 6) is 1.64. The van der Waals surface area contributed by atoms with Crippen molar-refractivity contribution in [3.8, 4) is 0 Å². The van der Waals surface area contributed by atoms with Crippen LogP contribution in [-0.2, 0) is 6.54 Å². The van der Waals surface area contributed by atoms with Gasteiger partial charge in [0, 0.05) is 25.5 Å². The van der Waals surface area contributed by atoms with Gasteiger partial charge in [-0.15, -0.1) is 0 Å². The van der Waals surface area contributed by atoms with Crippen LogP contribution in [0.1, 0.15) is 51.8 Å². The predicted molar refractivity (Wildman–Crippen MR) is 94.7 cm³/mol. The number of aryl methyl sites for hydroxylation is 1. The van der Waals surface area contributed by atoms with Gasteiger partial charge < -0.3 is 20.3 Å². The highest BCUT2D eigenvalue weighted by Gasteiger charge is 2.35. The Hall–Kier alpha value is -1.56. The van der Waals surface area contributed by atoms with E-state index in [2.05, 4.69) is 27.1 Å². The SMILES string of the molecule is Cc1nccn1C[C@H](C)CNC(=O)N[C@@](C)(CO)C1CCCCC1. The number of hydrogen-bond donors (Lipinski definition) is 3. The molecule has 2 rings (SSSR count). The molecular weight excluding hydrogens is 304 g/mol. The molecule has 1 aliphatic carbocycles. The quantitative estimate of drug-likeness (QED) is 0.715. The molecule has 1 aliphatic rings. The fourth-order valence-corrected chi connectivity index (χ4v) is 3.58. The Balaban J connectivity index is 1.79. The van der Waals surface area contributed by atoms with Crippen LogP contribution in [0.2, 0.25) is 0 Å². The van der Waals surface area contributed by atoms with Crippen LogP contribution in [0.3, 0.4) is 0 Å². The normalized spacial score (nSPS) is 19.5. The number of nitrogens with zero attached hydrogens (tertiary/aromatic N) is 2. The number of imidazole rings is 1. The predicted octanol–water partition coefficient (Wildman–Crippen LogP) is 2.46. The van der Waals surface area contributed by atoms with E-state index in [1.807, 2.05) is 20.0 Å². The zero-order valence-corrected chi connectivity index (χ0v) is 15.2. The van der Waals surface area contributed by atoms with E-state index in [9.17, 15) is 9.90 Å². The lowest BCUT2D eigenvalue weighted by molar-refractivity contribution is 0.101. The van der Waals surface area contributed by atoms with Crippen molar-refractivity contribution < 1.29 is 9.90 Å². The van der Waals surface area contributed by atoms with E-state index in [-0.39, 0.29) is 12.6 Å². The highest BCUT2D eigenvalue weighted by Crippen LogP contribution is 2.32. The van der Waals surface area contributed by atoms with Crippen molar-refractivity contribution in [1.29, 1.82) is 0 Å². The van der Waals surface area contributed by atoms with Gasteiger partial charge in [-0.3, -0.25) is 0 Å². The maximum absolute atomic E-state index is 12.3. The molecule has 1 fully saturated rings. The topological polar surface area (TPSA) is 79.2 Å². The van der Waals surface area contributed by atoms with Crippen LogP contribution in [0, 0.1) is 18.8 Å². The summed E-state index contributed by atoms with van der Waals surface area (Å²) in [6, 6.07) is -0.189. The van der Waals surface area contributed by atoms with Gasteiger partial charge in [-0.2, -0.15) is 0 Å². The zero-order chi connectivity index (χ0) is 17.6. The van der Waals surface area contributed by atoms with Gasteiger partial charge >= 0.3 is 6.03 Å². The number of carbonyl (C=O) groups excluding carboxylic acids is 1. The molecular formula is C18H32N4O2. The summed E-state index contributed by atoms with van der Waals surface area (Å²) in [5.41, 5.74) is -0.533. The number of aromatic nitrogens is 2. The molecule has 2 atom stereocenters. The molecule has 0 radical (unpaired) electrons. The Morgan fingerprint density at radius 1 is 1.46 bits per heavy atom. The minimum absolute atomic E-state index is 0.0190. The first-order valence-electron chi connectivity index (χ1n) is 9.09. The van der Waals surface area contributed by atoms with Gasteiger partial charge in [0.05, 0.1) is 12.1 Å². The van der Waals surface area contributed by atoms with Crippen LogP contribution in [0.5, 0.6) is 0 Å². The van der Waals surface area contributed by atoms with Crippen LogP contribution >= 0.6 is 0 Å². The maximum atomic E-state index is 12.3. The number of nitrogens with one attached hydrogen (secondary N) is 2. The Labute approximate surface area is 145 Å². The van der Waals surface area contributed by atoms with Crippen molar-refractivity contribution in [2.45, 2.75) is 65.0 Å². The van der Waals surface area contributed by atoms with Crippen molar-refractivity contribution in [3.05, 3.63) is 18.2 Å². The average molecular weight is 336 g/mol. The average Bonchev–Trinajstić information content (AvgIpc) is 2.98. The molecule has 6 heteroatoms. The molecule has 0 bridgehead atoms. The minimum Gasteiger partial charge on any atom is -0.394 e. The fourth-order valence-electron chi connectivity index (χ4n) is 3.58. The Morgan fingerprint density at radius 3 is 2.75 bits per heavy atom. The molecule has 136 valence electrons.